The smallest absolute Gasteiger partial charge is 0.336 e. The van der Waals surface area contributed by atoms with Crippen LogP contribution in [0.2, 0.25) is 0 Å². The SMILES string of the molecule is CCCCc1c(C)n(CC(C)C)c(=O)n1Cc1ccc(-c2ccccc2C(=O)O)cc1. The van der Waals surface area contributed by atoms with Crippen LogP contribution in [0.3, 0.4) is 0 Å². The lowest BCUT2D eigenvalue weighted by Gasteiger charge is -2.10. The first kappa shape index (κ1) is 22.6. The van der Waals surface area contributed by atoms with Crippen molar-refractivity contribution in [3.05, 3.63) is 81.5 Å². The van der Waals surface area contributed by atoms with Crippen molar-refractivity contribution in [2.75, 3.05) is 0 Å². The summed E-state index contributed by atoms with van der Waals surface area (Å²) in [7, 11) is 0. The van der Waals surface area contributed by atoms with Gasteiger partial charge in [0.25, 0.3) is 0 Å². The average molecular weight is 421 g/mol. The van der Waals surface area contributed by atoms with Crippen molar-refractivity contribution < 1.29 is 9.90 Å². The fourth-order valence-corrected chi connectivity index (χ4v) is 4.05. The van der Waals surface area contributed by atoms with Crippen LogP contribution in [0, 0.1) is 12.8 Å². The molecule has 0 aliphatic rings. The lowest BCUT2D eigenvalue weighted by molar-refractivity contribution is 0.0697. The van der Waals surface area contributed by atoms with E-state index in [1.54, 1.807) is 12.1 Å². The summed E-state index contributed by atoms with van der Waals surface area (Å²) in [5.74, 6) is -0.534. The van der Waals surface area contributed by atoms with Gasteiger partial charge in [0.05, 0.1) is 12.1 Å². The minimum atomic E-state index is -0.936. The Bertz CT molecular complexity index is 1100. The molecular formula is C26H32N2O3. The Morgan fingerprint density at radius 3 is 2.32 bits per heavy atom. The van der Waals surface area contributed by atoms with Crippen molar-refractivity contribution in [3.8, 4) is 11.1 Å². The summed E-state index contributed by atoms with van der Waals surface area (Å²) in [5.41, 5.74) is 5.10. The molecule has 1 N–H and O–H groups in total. The number of imidazole rings is 1. The second-order valence-corrected chi connectivity index (χ2v) is 8.56. The van der Waals surface area contributed by atoms with E-state index in [0.29, 0.717) is 18.0 Å². The van der Waals surface area contributed by atoms with Crippen LogP contribution in [0.5, 0.6) is 0 Å². The highest BCUT2D eigenvalue weighted by Gasteiger charge is 2.17. The zero-order valence-electron chi connectivity index (χ0n) is 18.9. The van der Waals surface area contributed by atoms with Gasteiger partial charge in [0, 0.05) is 17.9 Å². The summed E-state index contributed by atoms with van der Waals surface area (Å²) in [6, 6.07) is 14.9. The van der Waals surface area contributed by atoms with Gasteiger partial charge >= 0.3 is 11.7 Å². The lowest BCUT2D eigenvalue weighted by Crippen LogP contribution is -2.27. The van der Waals surface area contributed by atoms with Crippen LogP contribution in [0.1, 0.15) is 60.9 Å². The van der Waals surface area contributed by atoms with E-state index >= 15 is 0 Å². The summed E-state index contributed by atoms with van der Waals surface area (Å²) >= 11 is 0. The Morgan fingerprint density at radius 1 is 1.03 bits per heavy atom. The van der Waals surface area contributed by atoms with Crippen molar-refractivity contribution in [2.45, 2.75) is 60.0 Å². The van der Waals surface area contributed by atoms with Gasteiger partial charge in [-0.2, -0.15) is 0 Å². The first-order valence-corrected chi connectivity index (χ1v) is 11.0. The molecule has 0 amide bonds. The molecule has 0 aliphatic heterocycles. The molecule has 0 saturated heterocycles. The van der Waals surface area contributed by atoms with E-state index in [1.807, 2.05) is 45.5 Å². The molecule has 5 heteroatoms. The van der Waals surface area contributed by atoms with Gasteiger partial charge < -0.3 is 5.11 Å². The largest absolute Gasteiger partial charge is 0.478 e. The first-order valence-electron chi connectivity index (χ1n) is 11.0. The van der Waals surface area contributed by atoms with Gasteiger partial charge in [0.1, 0.15) is 0 Å². The zero-order chi connectivity index (χ0) is 22.5. The molecule has 1 heterocycles. The number of benzene rings is 2. The van der Waals surface area contributed by atoms with E-state index in [1.165, 1.54) is 0 Å². The predicted molar refractivity (Wildman–Crippen MR) is 125 cm³/mol. The summed E-state index contributed by atoms with van der Waals surface area (Å²) in [5, 5.41) is 9.46. The van der Waals surface area contributed by atoms with Crippen molar-refractivity contribution >= 4 is 5.97 Å². The molecule has 3 rings (SSSR count). The van der Waals surface area contributed by atoms with Gasteiger partial charge in [-0.15, -0.1) is 0 Å². The van der Waals surface area contributed by atoms with Crippen molar-refractivity contribution in [1.82, 2.24) is 9.13 Å². The van der Waals surface area contributed by atoms with E-state index in [2.05, 4.69) is 27.7 Å². The van der Waals surface area contributed by atoms with E-state index in [9.17, 15) is 14.7 Å². The third kappa shape index (κ3) is 4.98. The van der Waals surface area contributed by atoms with Gasteiger partial charge in [-0.05, 0) is 48.4 Å². The highest BCUT2D eigenvalue weighted by Crippen LogP contribution is 2.24. The molecular weight excluding hydrogens is 388 g/mol. The van der Waals surface area contributed by atoms with Crippen LogP contribution in [-0.2, 0) is 19.5 Å². The van der Waals surface area contributed by atoms with Gasteiger partial charge in [-0.3, -0.25) is 9.13 Å². The van der Waals surface area contributed by atoms with Crippen molar-refractivity contribution in [2.24, 2.45) is 5.92 Å². The van der Waals surface area contributed by atoms with E-state index in [-0.39, 0.29) is 11.3 Å². The Kier molecular flexibility index (Phi) is 7.16. The average Bonchev–Trinajstić information content (AvgIpc) is 2.96. The lowest BCUT2D eigenvalue weighted by atomic mass is 9.99. The van der Waals surface area contributed by atoms with Gasteiger partial charge in [0.15, 0.2) is 0 Å². The Balaban J connectivity index is 1.94. The van der Waals surface area contributed by atoms with Crippen LogP contribution < -0.4 is 5.69 Å². The standard InChI is InChI=1S/C26H32N2O3/c1-5-6-11-24-19(4)27(16-18(2)3)26(31)28(24)17-20-12-14-21(15-13-20)22-9-7-8-10-23(22)25(29)30/h7-10,12-15,18H,5-6,11,16-17H2,1-4H3,(H,29,30). The topological polar surface area (TPSA) is 64.2 Å². The minimum absolute atomic E-state index is 0.0533. The fourth-order valence-electron chi connectivity index (χ4n) is 4.05. The number of carbonyl (C=O) groups is 1. The molecule has 0 unspecified atom stereocenters. The third-order valence-corrected chi connectivity index (χ3v) is 5.69. The summed E-state index contributed by atoms with van der Waals surface area (Å²) in [4.78, 5) is 24.7. The van der Waals surface area contributed by atoms with Crippen LogP contribution >= 0.6 is 0 Å². The second-order valence-electron chi connectivity index (χ2n) is 8.56. The summed E-state index contributed by atoms with van der Waals surface area (Å²) in [6.07, 6.45) is 3.03. The molecule has 1 aromatic heterocycles. The van der Waals surface area contributed by atoms with Gasteiger partial charge in [0.2, 0.25) is 0 Å². The maximum atomic E-state index is 13.2. The molecule has 0 aliphatic carbocycles. The summed E-state index contributed by atoms with van der Waals surface area (Å²) < 4.78 is 3.82. The van der Waals surface area contributed by atoms with Crippen LogP contribution in [0.15, 0.2) is 53.3 Å². The van der Waals surface area contributed by atoms with Crippen molar-refractivity contribution in [3.63, 3.8) is 0 Å². The van der Waals surface area contributed by atoms with Crippen LogP contribution in [-0.4, -0.2) is 20.2 Å². The number of carboxylic acids is 1. The quantitative estimate of drug-likeness (QED) is 0.506. The minimum Gasteiger partial charge on any atom is -0.478 e. The highest BCUT2D eigenvalue weighted by molar-refractivity contribution is 5.95. The van der Waals surface area contributed by atoms with Crippen LogP contribution in [0.4, 0.5) is 0 Å². The number of nitrogens with zero attached hydrogens (tertiary/aromatic N) is 2. The monoisotopic (exact) mass is 420 g/mol. The molecule has 0 radical (unpaired) electrons. The fraction of sp³-hybridized carbons (Fsp3) is 0.385. The second kappa shape index (κ2) is 9.82. The van der Waals surface area contributed by atoms with Crippen molar-refractivity contribution in [1.29, 1.82) is 0 Å². The maximum absolute atomic E-state index is 13.2. The number of aromatic nitrogens is 2. The molecule has 3 aromatic rings. The van der Waals surface area contributed by atoms with Crippen LogP contribution in [0.25, 0.3) is 11.1 Å². The molecule has 0 atom stereocenters. The van der Waals surface area contributed by atoms with E-state index < -0.39 is 5.97 Å². The zero-order valence-corrected chi connectivity index (χ0v) is 18.9. The molecule has 0 fully saturated rings. The first-order chi connectivity index (χ1) is 14.8. The molecule has 5 nitrogen and oxygen atoms in total. The number of carboxylic acid groups (broad SMARTS) is 1. The molecule has 0 spiro atoms. The third-order valence-electron chi connectivity index (χ3n) is 5.69. The molecule has 0 bridgehead atoms. The number of hydrogen-bond donors (Lipinski definition) is 1. The molecule has 2 aromatic carbocycles. The number of aromatic carboxylic acids is 1. The predicted octanol–water partition coefficient (Wildman–Crippen LogP) is 5.37. The maximum Gasteiger partial charge on any atom is 0.336 e. The molecule has 0 saturated carbocycles. The van der Waals surface area contributed by atoms with Gasteiger partial charge in [-0.25, -0.2) is 9.59 Å². The normalized spacial score (nSPS) is 11.3. The van der Waals surface area contributed by atoms with E-state index in [0.717, 1.165) is 48.3 Å². The number of hydrogen-bond acceptors (Lipinski definition) is 2. The number of unbranched alkanes of at least 4 members (excludes halogenated alkanes) is 1. The Morgan fingerprint density at radius 2 is 1.71 bits per heavy atom. The molecule has 31 heavy (non-hydrogen) atoms. The van der Waals surface area contributed by atoms with Gasteiger partial charge in [-0.1, -0.05) is 69.7 Å². The molecule has 164 valence electrons. The summed E-state index contributed by atoms with van der Waals surface area (Å²) in [6.45, 7) is 9.71. The Hall–Kier alpha value is -3.08. The number of rotatable bonds is 9. The highest BCUT2D eigenvalue weighted by atomic mass is 16.4. The Labute approximate surface area is 184 Å². The van der Waals surface area contributed by atoms with E-state index in [4.69, 9.17) is 0 Å².